The number of urea groups is 1. The number of rotatable bonds is 5. The highest BCUT2D eigenvalue weighted by Crippen LogP contribution is 2.18. The second-order valence-corrected chi connectivity index (χ2v) is 5.53. The molecule has 0 aliphatic rings. The van der Waals surface area contributed by atoms with Crippen molar-refractivity contribution in [2.75, 3.05) is 19.4 Å². The number of hydrogen-bond donors (Lipinski definition) is 2. The van der Waals surface area contributed by atoms with E-state index in [2.05, 4.69) is 10.6 Å². The summed E-state index contributed by atoms with van der Waals surface area (Å²) in [7, 11) is 3.31. The van der Waals surface area contributed by atoms with Crippen molar-refractivity contribution in [2.24, 2.45) is 0 Å². The van der Waals surface area contributed by atoms with Gasteiger partial charge < -0.3 is 15.5 Å². The standard InChI is InChI=1S/C18H20FN3O2/c1-22(2)17(23)12-16(13-8-4-3-5-9-13)21-18(24)20-15-11-7-6-10-14(15)19/h3-11,16H,12H2,1-2H3,(H2,20,21,24)/t16-/m0/s1. The van der Waals surface area contributed by atoms with Gasteiger partial charge in [-0.1, -0.05) is 42.5 Å². The first-order chi connectivity index (χ1) is 11.5. The fourth-order valence-electron chi connectivity index (χ4n) is 2.17. The average molecular weight is 329 g/mol. The van der Waals surface area contributed by atoms with Gasteiger partial charge in [-0.25, -0.2) is 9.18 Å². The van der Waals surface area contributed by atoms with Gasteiger partial charge >= 0.3 is 6.03 Å². The van der Waals surface area contributed by atoms with Crippen molar-refractivity contribution in [1.82, 2.24) is 10.2 Å². The van der Waals surface area contributed by atoms with Crippen molar-refractivity contribution in [3.05, 3.63) is 66.0 Å². The van der Waals surface area contributed by atoms with Crippen LogP contribution in [-0.2, 0) is 4.79 Å². The molecule has 2 rings (SSSR count). The van der Waals surface area contributed by atoms with Gasteiger partial charge in [-0.05, 0) is 17.7 Å². The number of carbonyl (C=O) groups excluding carboxylic acids is 2. The van der Waals surface area contributed by atoms with Crippen molar-refractivity contribution in [2.45, 2.75) is 12.5 Å². The van der Waals surface area contributed by atoms with Crippen molar-refractivity contribution < 1.29 is 14.0 Å². The van der Waals surface area contributed by atoms with Crippen molar-refractivity contribution in [3.8, 4) is 0 Å². The monoisotopic (exact) mass is 329 g/mol. The normalized spacial score (nSPS) is 11.5. The molecular formula is C18H20FN3O2. The predicted molar refractivity (Wildman–Crippen MR) is 91.0 cm³/mol. The molecule has 24 heavy (non-hydrogen) atoms. The van der Waals surface area contributed by atoms with Crippen LogP contribution >= 0.6 is 0 Å². The second kappa shape index (κ2) is 8.10. The third-order valence-corrected chi connectivity index (χ3v) is 3.51. The maximum absolute atomic E-state index is 13.6. The third-order valence-electron chi connectivity index (χ3n) is 3.51. The van der Waals surface area contributed by atoms with E-state index in [0.717, 1.165) is 5.56 Å². The van der Waals surface area contributed by atoms with Gasteiger partial charge in [0.2, 0.25) is 5.91 Å². The molecule has 5 nitrogen and oxygen atoms in total. The zero-order chi connectivity index (χ0) is 17.5. The fraction of sp³-hybridized carbons (Fsp3) is 0.222. The van der Waals surface area contributed by atoms with Crippen LogP contribution in [0.1, 0.15) is 18.0 Å². The first-order valence-electron chi connectivity index (χ1n) is 7.54. The lowest BCUT2D eigenvalue weighted by molar-refractivity contribution is -0.129. The van der Waals surface area contributed by atoms with Crippen molar-refractivity contribution in [1.29, 1.82) is 0 Å². The predicted octanol–water partition coefficient (Wildman–Crippen LogP) is 3.17. The Kier molecular flexibility index (Phi) is 5.89. The Hall–Kier alpha value is -2.89. The Bertz CT molecular complexity index is 704. The molecule has 2 aromatic rings. The zero-order valence-corrected chi connectivity index (χ0v) is 13.6. The highest BCUT2D eigenvalue weighted by Gasteiger charge is 2.19. The molecule has 2 aromatic carbocycles. The van der Waals surface area contributed by atoms with E-state index in [9.17, 15) is 14.0 Å². The molecule has 0 radical (unpaired) electrons. The van der Waals surface area contributed by atoms with E-state index >= 15 is 0 Å². The van der Waals surface area contributed by atoms with Gasteiger partial charge in [-0.3, -0.25) is 4.79 Å². The van der Waals surface area contributed by atoms with E-state index < -0.39 is 17.9 Å². The number of halogens is 1. The molecular weight excluding hydrogens is 309 g/mol. The topological polar surface area (TPSA) is 61.4 Å². The molecule has 0 aliphatic heterocycles. The number of benzene rings is 2. The van der Waals surface area contributed by atoms with Crippen LogP contribution in [0, 0.1) is 5.82 Å². The van der Waals surface area contributed by atoms with E-state index in [0.29, 0.717) is 0 Å². The summed E-state index contributed by atoms with van der Waals surface area (Å²) >= 11 is 0. The third kappa shape index (κ3) is 4.81. The summed E-state index contributed by atoms with van der Waals surface area (Å²) in [6.45, 7) is 0. The van der Waals surface area contributed by atoms with Crippen LogP contribution in [0.3, 0.4) is 0 Å². The van der Waals surface area contributed by atoms with Gasteiger partial charge in [0.1, 0.15) is 5.82 Å². The smallest absolute Gasteiger partial charge is 0.319 e. The number of anilines is 1. The number of hydrogen-bond acceptors (Lipinski definition) is 2. The Morgan fingerprint density at radius 2 is 1.67 bits per heavy atom. The molecule has 0 spiro atoms. The van der Waals surface area contributed by atoms with Gasteiger partial charge in [-0.15, -0.1) is 0 Å². The molecule has 0 heterocycles. The van der Waals surface area contributed by atoms with Crippen LogP contribution in [0.2, 0.25) is 0 Å². The molecule has 0 bridgehead atoms. The minimum atomic E-state index is -0.569. The number of nitrogens with one attached hydrogen (secondary N) is 2. The van der Waals surface area contributed by atoms with Crippen molar-refractivity contribution >= 4 is 17.6 Å². The number of amides is 3. The molecule has 1 atom stereocenters. The number of carbonyl (C=O) groups is 2. The highest BCUT2D eigenvalue weighted by atomic mass is 19.1. The summed E-state index contributed by atoms with van der Waals surface area (Å²) in [6, 6.07) is 14.0. The SMILES string of the molecule is CN(C)C(=O)C[C@H](NC(=O)Nc1ccccc1F)c1ccccc1. The summed E-state index contributed by atoms with van der Waals surface area (Å²) in [5.74, 6) is -0.636. The molecule has 0 saturated carbocycles. The Balaban J connectivity index is 2.11. The van der Waals surface area contributed by atoms with Gasteiger partial charge in [0.25, 0.3) is 0 Å². The molecule has 0 unspecified atom stereocenters. The summed E-state index contributed by atoms with van der Waals surface area (Å²) in [5.41, 5.74) is 0.886. The van der Waals surface area contributed by atoms with Gasteiger partial charge in [0.15, 0.2) is 0 Å². The van der Waals surface area contributed by atoms with E-state index in [-0.39, 0.29) is 18.0 Å². The molecule has 0 aliphatic carbocycles. The van der Waals surface area contributed by atoms with Crippen LogP contribution in [0.25, 0.3) is 0 Å². The first kappa shape index (κ1) is 17.5. The zero-order valence-electron chi connectivity index (χ0n) is 13.6. The van der Waals surface area contributed by atoms with E-state index in [1.165, 1.54) is 17.0 Å². The first-order valence-corrected chi connectivity index (χ1v) is 7.54. The molecule has 6 heteroatoms. The largest absolute Gasteiger partial charge is 0.349 e. The molecule has 0 fully saturated rings. The summed E-state index contributed by atoms with van der Waals surface area (Å²) in [4.78, 5) is 25.7. The lowest BCUT2D eigenvalue weighted by Gasteiger charge is -2.21. The van der Waals surface area contributed by atoms with Crippen LogP contribution in [0.4, 0.5) is 14.9 Å². The quantitative estimate of drug-likeness (QED) is 0.885. The van der Waals surface area contributed by atoms with E-state index in [1.807, 2.05) is 30.3 Å². The van der Waals surface area contributed by atoms with Gasteiger partial charge in [0.05, 0.1) is 18.2 Å². The van der Waals surface area contributed by atoms with Crippen LogP contribution in [-0.4, -0.2) is 30.9 Å². The fourth-order valence-corrected chi connectivity index (χ4v) is 2.17. The van der Waals surface area contributed by atoms with Crippen LogP contribution in [0.15, 0.2) is 54.6 Å². The average Bonchev–Trinajstić information content (AvgIpc) is 2.57. The molecule has 0 aromatic heterocycles. The maximum Gasteiger partial charge on any atom is 0.319 e. The van der Waals surface area contributed by atoms with E-state index in [1.54, 1.807) is 26.2 Å². The minimum Gasteiger partial charge on any atom is -0.349 e. The second-order valence-electron chi connectivity index (χ2n) is 5.53. The summed E-state index contributed by atoms with van der Waals surface area (Å²) in [6.07, 6.45) is 0.113. The molecule has 126 valence electrons. The van der Waals surface area contributed by atoms with Gasteiger partial charge in [0, 0.05) is 14.1 Å². The lowest BCUT2D eigenvalue weighted by atomic mass is 10.0. The maximum atomic E-state index is 13.6. The molecule has 0 saturated heterocycles. The van der Waals surface area contributed by atoms with E-state index in [4.69, 9.17) is 0 Å². The molecule has 2 N–H and O–H groups in total. The summed E-state index contributed by atoms with van der Waals surface area (Å²) < 4.78 is 13.6. The van der Waals surface area contributed by atoms with Crippen LogP contribution < -0.4 is 10.6 Å². The Morgan fingerprint density at radius 3 is 2.29 bits per heavy atom. The van der Waals surface area contributed by atoms with Crippen molar-refractivity contribution in [3.63, 3.8) is 0 Å². The minimum absolute atomic E-state index is 0.0840. The Morgan fingerprint density at radius 1 is 1.04 bits per heavy atom. The highest BCUT2D eigenvalue weighted by molar-refractivity contribution is 5.90. The summed E-state index contributed by atoms with van der Waals surface area (Å²) in [5, 5.41) is 5.19. The van der Waals surface area contributed by atoms with Crippen LogP contribution in [0.5, 0.6) is 0 Å². The Labute approximate surface area is 140 Å². The number of para-hydroxylation sites is 1. The lowest BCUT2D eigenvalue weighted by Crippen LogP contribution is -2.36. The van der Waals surface area contributed by atoms with Gasteiger partial charge in [-0.2, -0.15) is 0 Å². The number of nitrogens with zero attached hydrogens (tertiary/aromatic N) is 1. The molecule has 3 amide bonds.